The van der Waals surface area contributed by atoms with E-state index in [4.69, 9.17) is 10.9 Å². The second-order valence-electron chi connectivity index (χ2n) is 3.98. The van der Waals surface area contributed by atoms with Gasteiger partial charge in [0.15, 0.2) is 0 Å². The maximum atomic E-state index is 8.52. The molecule has 17 heavy (non-hydrogen) atoms. The Kier molecular flexibility index (Phi) is 5.14. The molecule has 0 aromatic carbocycles. The van der Waals surface area contributed by atoms with Crippen LogP contribution in [0, 0.1) is 0 Å². The van der Waals surface area contributed by atoms with Gasteiger partial charge in [-0.15, -0.1) is 0 Å². The number of aromatic nitrogens is 2. The van der Waals surface area contributed by atoms with Crippen molar-refractivity contribution in [3.8, 4) is 0 Å². The first-order chi connectivity index (χ1) is 8.08. The molecule has 1 aromatic heterocycles. The first kappa shape index (κ1) is 13.7. The molecule has 0 spiro atoms. The molecule has 0 saturated heterocycles. The molecule has 1 heterocycles. The summed E-state index contributed by atoms with van der Waals surface area (Å²) in [5.74, 6) is 1.09. The van der Waals surface area contributed by atoms with E-state index in [-0.39, 0.29) is 5.84 Å². The molecule has 0 bridgehead atoms. The van der Waals surface area contributed by atoms with Crippen LogP contribution >= 0.6 is 11.5 Å². The lowest BCUT2D eigenvalue weighted by atomic mass is 10.3. The number of anilines is 1. The van der Waals surface area contributed by atoms with Crippen molar-refractivity contribution in [1.82, 2.24) is 9.36 Å². The van der Waals surface area contributed by atoms with Crippen molar-refractivity contribution in [3.63, 3.8) is 0 Å². The maximum absolute atomic E-state index is 8.52. The van der Waals surface area contributed by atoms with Gasteiger partial charge in [0.2, 0.25) is 5.13 Å². The molecule has 1 rings (SSSR count). The van der Waals surface area contributed by atoms with E-state index >= 15 is 0 Å². The zero-order valence-electron chi connectivity index (χ0n) is 10.4. The minimum Gasteiger partial charge on any atom is -0.409 e. The van der Waals surface area contributed by atoms with Gasteiger partial charge >= 0.3 is 0 Å². The highest BCUT2D eigenvalue weighted by molar-refractivity contribution is 7.09. The van der Waals surface area contributed by atoms with Crippen molar-refractivity contribution in [2.24, 2.45) is 10.9 Å². The Balaban J connectivity index is 2.72. The predicted molar refractivity (Wildman–Crippen MR) is 69.8 cm³/mol. The molecular formula is C10H19N5OS. The molecule has 96 valence electrons. The molecule has 0 fully saturated rings. The van der Waals surface area contributed by atoms with Crippen LogP contribution in [0.15, 0.2) is 5.16 Å². The number of rotatable bonds is 6. The van der Waals surface area contributed by atoms with Crippen LogP contribution in [0.3, 0.4) is 0 Å². The van der Waals surface area contributed by atoms with Crippen LogP contribution in [0.5, 0.6) is 0 Å². The highest BCUT2D eigenvalue weighted by Gasteiger charge is 2.15. The molecular weight excluding hydrogens is 238 g/mol. The summed E-state index contributed by atoms with van der Waals surface area (Å²) in [7, 11) is 0. The molecule has 0 saturated carbocycles. The Hall–Kier alpha value is -1.37. The summed E-state index contributed by atoms with van der Waals surface area (Å²) in [6, 6.07) is 0.305. The standard InChI is InChI=1S/C10H19N5OS/c1-4-9-12-10(17-14-9)15(7(2)3)6-5-8(11)13-16/h7,16H,4-6H2,1-3H3,(H2,11,13). The zero-order chi connectivity index (χ0) is 12.8. The Morgan fingerprint density at radius 3 is 2.76 bits per heavy atom. The van der Waals surface area contributed by atoms with Crippen LogP contribution in [0.4, 0.5) is 5.13 Å². The van der Waals surface area contributed by atoms with Crippen molar-refractivity contribution in [2.45, 2.75) is 39.7 Å². The van der Waals surface area contributed by atoms with E-state index < -0.39 is 0 Å². The predicted octanol–water partition coefficient (Wildman–Crippen LogP) is 1.45. The van der Waals surface area contributed by atoms with Crippen molar-refractivity contribution in [1.29, 1.82) is 0 Å². The van der Waals surface area contributed by atoms with E-state index in [9.17, 15) is 0 Å². The molecule has 0 amide bonds. The average Bonchev–Trinajstić information content (AvgIpc) is 2.77. The highest BCUT2D eigenvalue weighted by atomic mass is 32.1. The number of amidine groups is 1. The van der Waals surface area contributed by atoms with Gasteiger partial charge in [0.05, 0.1) is 0 Å². The molecule has 7 heteroatoms. The number of aryl methyl sites for hydroxylation is 1. The summed E-state index contributed by atoms with van der Waals surface area (Å²) in [5, 5.41) is 12.4. The number of nitrogens with two attached hydrogens (primary N) is 1. The Labute approximate surface area is 105 Å². The second kappa shape index (κ2) is 6.39. The Bertz CT molecular complexity index is 377. The van der Waals surface area contributed by atoms with Gasteiger partial charge in [-0.1, -0.05) is 12.1 Å². The smallest absolute Gasteiger partial charge is 0.205 e. The van der Waals surface area contributed by atoms with Gasteiger partial charge in [0.1, 0.15) is 11.7 Å². The van der Waals surface area contributed by atoms with Crippen molar-refractivity contribution in [3.05, 3.63) is 5.82 Å². The molecule has 0 radical (unpaired) electrons. The van der Waals surface area contributed by atoms with Gasteiger partial charge in [-0.25, -0.2) is 4.98 Å². The zero-order valence-corrected chi connectivity index (χ0v) is 11.2. The van der Waals surface area contributed by atoms with E-state index in [1.807, 2.05) is 6.92 Å². The van der Waals surface area contributed by atoms with Gasteiger partial charge in [0.25, 0.3) is 0 Å². The molecule has 3 N–H and O–H groups in total. The minimum atomic E-state index is 0.232. The van der Waals surface area contributed by atoms with Gasteiger partial charge in [0, 0.05) is 37.0 Å². The molecule has 0 atom stereocenters. The number of nitrogens with zero attached hydrogens (tertiary/aromatic N) is 4. The molecule has 6 nitrogen and oxygen atoms in total. The molecule has 0 aliphatic rings. The van der Waals surface area contributed by atoms with E-state index in [1.165, 1.54) is 11.5 Å². The quantitative estimate of drug-likeness (QED) is 0.348. The van der Waals surface area contributed by atoms with Gasteiger partial charge < -0.3 is 15.8 Å². The third-order valence-electron chi connectivity index (χ3n) is 2.38. The monoisotopic (exact) mass is 257 g/mol. The van der Waals surface area contributed by atoms with Gasteiger partial charge in [-0.2, -0.15) is 4.37 Å². The fraction of sp³-hybridized carbons (Fsp3) is 0.700. The summed E-state index contributed by atoms with van der Waals surface area (Å²) in [6.45, 7) is 6.87. The highest BCUT2D eigenvalue weighted by Crippen LogP contribution is 2.20. The number of hydrogen-bond acceptors (Lipinski definition) is 6. The fourth-order valence-electron chi connectivity index (χ4n) is 1.36. The topological polar surface area (TPSA) is 87.6 Å². The summed E-state index contributed by atoms with van der Waals surface area (Å²) >= 11 is 1.39. The fourth-order valence-corrected chi connectivity index (χ4v) is 2.27. The summed E-state index contributed by atoms with van der Waals surface area (Å²) in [5.41, 5.74) is 5.47. The lowest BCUT2D eigenvalue weighted by molar-refractivity contribution is 0.317. The van der Waals surface area contributed by atoms with E-state index in [1.54, 1.807) is 0 Å². The maximum Gasteiger partial charge on any atom is 0.205 e. The SMILES string of the molecule is CCc1nsc(N(CCC(N)=NO)C(C)C)n1. The van der Waals surface area contributed by atoms with Crippen LogP contribution in [0.2, 0.25) is 0 Å². The lowest BCUT2D eigenvalue weighted by Crippen LogP contribution is -2.34. The van der Waals surface area contributed by atoms with Gasteiger partial charge in [-0.05, 0) is 13.8 Å². The van der Waals surface area contributed by atoms with Crippen LogP contribution in [0.25, 0.3) is 0 Å². The third kappa shape index (κ3) is 3.85. The largest absolute Gasteiger partial charge is 0.409 e. The minimum absolute atomic E-state index is 0.232. The normalized spacial score (nSPS) is 12.1. The molecule has 0 aliphatic carbocycles. The van der Waals surface area contributed by atoms with Crippen LogP contribution in [0.1, 0.15) is 33.0 Å². The van der Waals surface area contributed by atoms with Crippen molar-refractivity contribution in [2.75, 3.05) is 11.4 Å². The second-order valence-corrected chi connectivity index (χ2v) is 4.71. The van der Waals surface area contributed by atoms with E-state index in [0.717, 1.165) is 17.4 Å². The van der Waals surface area contributed by atoms with Crippen LogP contribution in [-0.2, 0) is 6.42 Å². The Morgan fingerprint density at radius 1 is 1.59 bits per heavy atom. The number of hydrogen-bond donors (Lipinski definition) is 2. The van der Waals surface area contributed by atoms with Crippen molar-refractivity contribution < 1.29 is 5.21 Å². The van der Waals surface area contributed by atoms with E-state index in [2.05, 4.69) is 33.3 Å². The first-order valence-electron chi connectivity index (χ1n) is 5.64. The van der Waals surface area contributed by atoms with Crippen LogP contribution < -0.4 is 10.6 Å². The number of oxime groups is 1. The first-order valence-corrected chi connectivity index (χ1v) is 6.41. The summed E-state index contributed by atoms with van der Waals surface area (Å²) in [4.78, 5) is 6.55. The van der Waals surface area contributed by atoms with Crippen LogP contribution in [-0.4, -0.2) is 33.0 Å². The average molecular weight is 257 g/mol. The molecule has 0 unspecified atom stereocenters. The third-order valence-corrected chi connectivity index (χ3v) is 3.17. The summed E-state index contributed by atoms with van der Waals surface area (Å²) in [6.07, 6.45) is 1.35. The molecule has 0 aliphatic heterocycles. The van der Waals surface area contributed by atoms with E-state index in [0.29, 0.717) is 19.0 Å². The Morgan fingerprint density at radius 2 is 2.29 bits per heavy atom. The van der Waals surface area contributed by atoms with Crippen molar-refractivity contribution >= 4 is 22.5 Å². The van der Waals surface area contributed by atoms with Gasteiger partial charge in [-0.3, -0.25) is 0 Å². The lowest BCUT2D eigenvalue weighted by Gasteiger charge is -2.25. The summed E-state index contributed by atoms with van der Waals surface area (Å²) < 4.78 is 4.26. The molecule has 1 aromatic rings.